The number of benzene rings is 2. The van der Waals surface area contributed by atoms with Crippen LogP contribution in [-0.4, -0.2) is 114 Å². The van der Waals surface area contributed by atoms with Gasteiger partial charge in [0.15, 0.2) is 23.0 Å². The van der Waals surface area contributed by atoms with Gasteiger partial charge in [-0.3, -0.25) is 9.59 Å². The molecule has 0 aliphatic carbocycles. The van der Waals surface area contributed by atoms with Crippen molar-refractivity contribution in [3.05, 3.63) is 105 Å². The monoisotopic (exact) mass is 864 g/mol. The van der Waals surface area contributed by atoms with E-state index < -0.39 is 20.0 Å². The van der Waals surface area contributed by atoms with Gasteiger partial charge in [0.1, 0.15) is 26.4 Å². The summed E-state index contributed by atoms with van der Waals surface area (Å²) in [5, 5.41) is 0. The lowest BCUT2D eigenvalue weighted by Crippen LogP contribution is -2.49. The van der Waals surface area contributed by atoms with E-state index >= 15 is 0 Å². The summed E-state index contributed by atoms with van der Waals surface area (Å²) in [5.41, 5.74) is 1.60. The van der Waals surface area contributed by atoms with Crippen molar-refractivity contribution in [1.29, 1.82) is 0 Å². The first kappa shape index (κ1) is 40.7. The lowest BCUT2D eigenvalue weighted by Gasteiger charge is -2.42. The number of hydrogen-bond acceptors (Lipinski definition) is 12. The Bertz CT molecular complexity index is 2400. The predicted octanol–water partition coefficient (Wildman–Crippen LogP) is 2.89. The van der Waals surface area contributed by atoms with Gasteiger partial charge in [0.05, 0.1) is 36.2 Å². The number of aromatic nitrogens is 2. The molecule has 2 aromatic heterocycles. The van der Waals surface area contributed by atoms with Crippen LogP contribution in [0.4, 0.5) is 0 Å². The average molecular weight is 865 g/mol. The van der Waals surface area contributed by atoms with Crippen LogP contribution in [0.3, 0.4) is 0 Å². The molecule has 18 heteroatoms. The summed E-state index contributed by atoms with van der Waals surface area (Å²) >= 11 is 0. The summed E-state index contributed by atoms with van der Waals surface area (Å²) in [4.78, 5) is 25.2. The molecule has 4 atom stereocenters. The molecule has 4 bridgehead atoms. The first-order valence-corrected chi connectivity index (χ1v) is 23.3. The Morgan fingerprint density at radius 2 is 0.850 bits per heavy atom. The summed E-state index contributed by atoms with van der Waals surface area (Å²) in [6.45, 7) is 3.26. The third-order valence-corrected chi connectivity index (χ3v) is 15.6. The summed E-state index contributed by atoms with van der Waals surface area (Å²) in [7, 11) is -7.83. The van der Waals surface area contributed by atoms with Crippen LogP contribution in [0.2, 0.25) is 0 Å². The summed E-state index contributed by atoms with van der Waals surface area (Å²) in [6.07, 6.45) is 1.65. The van der Waals surface area contributed by atoms with E-state index in [4.69, 9.17) is 28.4 Å². The molecular weight excluding hydrogens is 817 g/mol. The molecule has 5 aliphatic rings. The normalized spacial score (nSPS) is 24.3. The zero-order valence-electron chi connectivity index (χ0n) is 33.1. The molecule has 60 heavy (non-hydrogen) atoms. The van der Waals surface area contributed by atoms with Gasteiger partial charge in [-0.25, -0.2) is 16.8 Å². The zero-order valence-corrected chi connectivity index (χ0v) is 34.7. The van der Waals surface area contributed by atoms with E-state index in [2.05, 4.69) is 0 Å². The molecular formula is C42H48N4O12S2. The van der Waals surface area contributed by atoms with Crippen molar-refractivity contribution in [2.45, 2.75) is 47.6 Å². The van der Waals surface area contributed by atoms with Crippen molar-refractivity contribution in [2.24, 2.45) is 11.8 Å². The topological polar surface area (TPSA) is 174 Å². The number of nitrogens with zero attached hydrogens (tertiary/aromatic N) is 4. The number of fused-ring (bicyclic) bond motifs is 10. The average Bonchev–Trinajstić information content (AvgIpc) is 3.24. The number of ether oxygens (including phenoxy) is 6. The third kappa shape index (κ3) is 8.20. The smallest absolute Gasteiger partial charge is 0.250 e. The highest BCUT2D eigenvalue weighted by Gasteiger charge is 2.41. The first-order valence-electron chi connectivity index (χ1n) is 20.4. The van der Waals surface area contributed by atoms with Crippen molar-refractivity contribution in [2.75, 3.05) is 79.0 Å². The fourth-order valence-corrected chi connectivity index (χ4v) is 12.4. The van der Waals surface area contributed by atoms with E-state index in [1.807, 2.05) is 12.1 Å². The second-order valence-corrected chi connectivity index (χ2v) is 19.8. The fraction of sp³-hybridized carbons (Fsp3) is 0.476. The zero-order chi connectivity index (χ0) is 41.4. The van der Waals surface area contributed by atoms with Gasteiger partial charge >= 0.3 is 0 Å². The number of rotatable bonds is 4. The van der Waals surface area contributed by atoms with E-state index in [0.717, 1.165) is 24.2 Å². The lowest BCUT2D eigenvalue weighted by molar-refractivity contribution is 0.0639. The number of sulfonamides is 2. The lowest BCUT2D eigenvalue weighted by atomic mass is 9.84. The van der Waals surface area contributed by atoms with Crippen molar-refractivity contribution in [1.82, 2.24) is 17.7 Å². The van der Waals surface area contributed by atoms with Crippen LogP contribution < -0.4 is 30.1 Å². The van der Waals surface area contributed by atoms with Crippen molar-refractivity contribution in [3.8, 4) is 23.0 Å². The van der Waals surface area contributed by atoms with Gasteiger partial charge in [-0.15, -0.1) is 0 Å². The molecule has 16 nitrogen and oxygen atoms in total. The summed E-state index contributed by atoms with van der Waals surface area (Å²) < 4.78 is 98.4. The van der Waals surface area contributed by atoms with Gasteiger partial charge in [0.25, 0.3) is 11.1 Å². The van der Waals surface area contributed by atoms with Crippen LogP contribution in [-0.2, 0) is 42.6 Å². The number of pyridine rings is 2. The highest BCUT2D eigenvalue weighted by molar-refractivity contribution is 7.89. The minimum absolute atomic E-state index is 0.0219. The molecule has 0 unspecified atom stereocenters. The minimum Gasteiger partial charge on any atom is -0.487 e. The maximum absolute atomic E-state index is 14.1. The molecule has 2 saturated heterocycles. The molecule has 0 N–H and O–H groups in total. The van der Waals surface area contributed by atoms with Crippen molar-refractivity contribution >= 4 is 20.0 Å². The van der Waals surface area contributed by atoms with Crippen LogP contribution in [0.1, 0.15) is 36.1 Å². The fourth-order valence-electron chi connectivity index (χ4n) is 9.20. The summed E-state index contributed by atoms with van der Waals surface area (Å²) in [6, 6.07) is 19.5. The van der Waals surface area contributed by atoms with Crippen molar-refractivity contribution in [3.63, 3.8) is 0 Å². The predicted molar refractivity (Wildman–Crippen MR) is 217 cm³/mol. The Labute approximate surface area is 348 Å². The summed E-state index contributed by atoms with van der Waals surface area (Å²) in [5.74, 6) is 1.08. The van der Waals surface area contributed by atoms with Gasteiger partial charge < -0.3 is 37.6 Å². The maximum Gasteiger partial charge on any atom is 0.250 e. The Morgan fingerprint density at radius 3 is 1.27 bits per heavy atom. The van der Waals surface area contributed by atoms with Crippen LogP contribution in [0.5, 0.6) is 23.0 Å². The largest absolute Gasteiger partial charge is 0.487 e. The molecule has 0 spiro atoms. The van der Waals surface area contributed by atoms with Crippen LogP contribution in [0, 0.1) is 11.8 Å². The molecule has 0 radical (unpaired) electrons. The molecule has 0 saturated carbocycles. The first-order chi connectivity index (χ1) is 29.0. The highest BCUT2D eigenvalue weighted by Crippen LogP contribution is 2.40. The highest BCUT2D eigenvalue weighted by atomic mass is 32.2. The minimum atomic E-state index is -3.91. The Morgan fingerprint density at radius 1 is 0.450 bits per heavy atom. The maximum atomic E-state index is 14.1. The van der Waals surface area contributed by atoms with Gasteiger partial charge in [-0.2, -0.15) is 8.61 Å². The van der Waals surface area contributed by atoms with Crippen LogP contribution in [0.25, 0.3) is 0 Å². The van der Waals surface area contributed by atoms with Gasteiger partial charge in [0.2, 0.25) is 20.0 Å². The molecule has 320 valence electrons. The van der Waals surface area contributed by atoms with Gasteiger partial charge in [-0.1, -0.05) is 12.1 Å². The van der Waals surface area contributed by atoms with Crippen LogP contribution in [0.15, 0.2) is 92.2 Å². The molecule has 4 aromatic rings. The Balaban J connectivity index is 0.853. The van der Waals surface area contributed by atoms with Crippen LogP contribution >= 0.6 is 0 Å². The molecule has 9 rings (SSSR count). The molecule has 2 fully saturated rings. The quantitative estimate of drug-likeness (QED) is 0.294. The van der Waals surface area contributed by atoms with E-state index in [1.54, 1.807) is 45.5 Å². The van der Waals surface area contributed by atoms with E-state index in [0.29, 0.717) is 37.7 Å². The second kappa shape index (κ2) is 17.0. The second-order valence-electron chi connectivity index (χ2n) is 15.9. The standard InChI is InChI=1S/C42H48N4O12S2/c47-41-5-1-3-35-31-19-29(25-45(35)41)23-43(27-31)59(49,50)33-7-9-37-39(21-33)57-17-13-54-14-18-58-40-22-34(8-10-38(40)56-16-12-53-11-15-55-37)60(51,52)44-24-30-20-32(28-44)36-4-2-6-42(48)46(36)26-30/h1-10,21-22,29-32H,11-20,23-28H2/t29-,30-,31+,32+/m0/s1. The van der Waals surface area contributed by atoms with E-state index in [9.17, 15) is 26.4 Å². The van der Waals surface area contributed by atoms with Gasteiger partial charge in [0, 0.05) is 86.8 Å². The molecule has 2 aromatic carbocycles. The van der Waals surface area contributed by atoms with Crippen molar-refractivity contribution < 1.29 is 45.3 Å². The number of hydrogen-bond donors (Lipinski definition) is 0. The SMILES string of the molecule is O=c1cccc2n1C[C@H]1C[C@@H]2CN(S(=O)(=O)c2ccc3c(c2)OCCOCCOc2cc(S(=O)(=O)N4C[C@@H]5C[C@H](C4)c4cccc(=O)n4C5)ccc2OCCOCCO3)C1. The third-order valence-electron chi connectivity index (χ3n) is 11.9. The Kier molecular flexibility index (Phi) is 11.5. The molecule has 0 amide bonds. The number of piperidine rings is 2. The molecule has 5 aliphatic heterocycles. The van der Waals surface area contributed by atoms with E-state index in [1.165, 1.54) is 32.9 Å². The molecule has 7 heterocycles. The van der Waals surface area contributed by atoms with Gasteiger partial charge in [-0.05, 0) is 61.1 Å². The van der Waals surface area contributed by atoms with E-state index in [-0.39, 0.29) is 122 Å². The Hall–Kier alpha value is -4.72.